The van der Waals surface area contributed by atoms with Crippen molar-refractivity contribution >= 4 is 35.6 Å². The molecule has 0 radical (unpaired) electrons. The Labute approximate surface area is 205 Å². The van der Waals surface area contributed by atoms with Crippen LogP contribution in [0.3, 0.4) is 0 Å². The van der Waals surface area contributed by atoms with Crippen LogP contribution in [0, 0.1) is 0 Å². The number of ether oxygens (including phenoxy) is 2. The molecular weight excluding hydrogens is 538 g/mol. The summed E-state index contributed by atoms with van der Waals surface area (Å²) in [5, 5.41) is 6.30. The molecule has 1 aromatic rings. The standard InChI is InChI=1S/C21H34F3N5O2.HI/c1-25-20(26-7-4-12-31-14-13-30-3)27-16-17-15-18(21(22,23)24)5-6-19(17)29-10-8-28(2)9-11-29;/h5-6,15H,4,7-14,16H2,1-3H3,(H2,25,26,27);1H. The number of halogens is 4. The molecule has 0 atom stereocenters. The molecular formula is C21H35F3IN5O2. The first-order valence-corrected chi connectivity index (χ1v) is 10.5. The van der Waals surface area contributed by atoms with Crippen molar-refractivity contribution in [1.29, 1.82) is 0 Å². The Hall–Kier alpha value is -1.31. The van der Waals surface area contributed by atoms with Crippen molar-refractivity contribution in [2.45, 2.75) is 19.1 Å². The fraction of sp³-hybridized carbons (Fsp3) is 0.667. The molecule has 1 fully saturated rings. The van der Waals surface area contributed by atoms with Crippen LogP contribution in [0.1, 0.15) is 17.5 Å². The SMILES string of the molecule is CN=C(NCCCOCCOC)NCc1cc(C(F)(F)F)ccc1N1CCN(C)CC1.I. The summed E-state index contributed by atoms with van der Waals surface area (Å²) in [6, 6.07) is 3.98. The molecule has 7 nitrogen and oxygen atoms in total. The molecule has 0 unspecified atom stereocenters. The molecule has 11 heteroatoms. The van der Waals surface area contributed by atoms with Crippen LogP contribution >= 0.6 is 24.0 Å². The Balaban J connectivity index is 0.00000512. The van der Waals surface area contributed by atoms with Crippen molar-refractivity contribution in [3.63, 3.8) is 0 Å². The largest absolute Gasteiger partial charge is 0.416 e. The average molecular weight is 573 g/mol. The van der Waals surface area contributed by atoms with Crippen molar-refractivity contribution < 1.29 is 22.6 Å². The van der Waals surface area contributed by atoms with Crippen molar-refractivity contribution in [2.75, 3.05) is 78.6 Å². The van der Waals surface area contributed by atoms with Gasteiger partial charge in [-0.2, -0.15) is 13.2 Å². The lowest BCUT2D eigenvalue weighted by atomic mass is 10.1. The first-order valence-electron chi connectivity index (χ1n) is 10.5. The normalized spacial score (nSPS) is 15.4. The summed E-state index contributed by atoms with van der Waals surface area (Å²) in [5.74, 6) is 0.540. The molecule has 32 heavy (non-hydrogen) atoms. The van der Waals surface area contributed by atoms with E-state index in [4.69, 9.17) is 9.47 Å². The Bertz CT molecular complexity index is 699. The maximum atomic E-state index is 13.3. The van der Waals surface area contributed by atoms with E-state index in [1.165, 1.54) is 6.07 Å². The van der Waals surface area contributed by atoms with Crippen molar-refractivity contribution in [1.82, 2.24) is 15.5 Å². The number of guanidine groups is 1. The Morgan fingerprint density at radius 3 is 2.44 bits per heavy atom. The van der Waals surface area contributed by atoms with Gasteiger partial charge in [0.05, 0.1) is 18.8 Å². The van der Waals surface area contributed by atoms with Gasteiger partial charge < -0.3 is 29.9 Å². The number of rotatable bonds is 10. The van der Waals surface area contributed by atoms with Gasteiger partial charge in [-0.3, -0.25) is 4.99 Å². The van der Waals surface area contributed by atoms with Crippen LogP contribution in [-0.4, -0.2) is 84.6 Å². The summed E-state index contributed by atoms with van der Waals surface area (Å²) >= 11 is 0. The third-order valence-corrected chi connectivity index (χ3v) is 5.11. The van der Waals surface area contributed by atoms with E-state index in [9.17, 15) is 13.2 Å². The summed E-state index contributed by atoms with van der Waals surface area (Å²) in [5.41, 5.74) is 0.791. The number of hydrogen-bond acceptors (Lipinski definition) is 5. The number of anilines is 1. The molecule has 1 saturated heterocycles. The molecule has 0 aliphatic carbocycles. The Morgan fingerprint density at radius 1 is 1.09 bits per heavy atom. The number of hydrogen-bond donors (Lipinski definition) is 2. The minimum absolute atomic E-state index is 0. The third kappa shape index (κ3) is 9.67. The van der Waals surface area contributed by atoms with E-state index in [0.29, 0.717) is 37.9 Å². The molecule has 2 rings (SSSR count). The number of methoxy groups -OCH3 is 1. The Morgan fingerprint density at radius 2 is 1.81 bits per heavy atom. The number of piperazine rings is 1. The fourth-order valence-corrected chi connectivity index (χ4v) is 3.28. The third-order valence-electron chi connectivity index (χ3n) is 5.11. The number of nitrogens with one attached hydrogen (secondary N) is 2. The van der Waals surface area contributed by atoms with Crippen molar-refractivity contribution in [2.24, 2.45) is 4.99 Å². The van der Waals surface area contributed by atoms with E-state index in [2.05, 4.69) is 25.4 Å². The molecule has 0 spiro atoms. The summed E-state index contributed by atoms with van der Waals surface area (Å²) in [4.78, 5) is 8.52. The van der Waals surface area contributed by atoms with Gasteiger partial charge in [0.15, 0.2) is 5.96 Å². The highest BCUT2D eigenvalue weighted by Gasteiger charge is 2.31. The first-order chi connectivity index (χ1) is 14.8. The Kier molecular flexibility index (Phi) is 13.2. The van der Waals surface area contributed by atoms with Crippen LogP contribution < -0.4 is 15.5 Å². The number of alkyl halides is 3. The molecule has 1 aliphatic rings. The van der Waals surface area contributed by atoms with E-state index in [-0.39, 0.29) is 30.5 Å². The zero-order valence-electron chi connectivity index (χ0n) is 19.0. The van der Waals surface area contributed by atoms with Crippen LogP contribution in [0.4, 0.5) is 18.9 Å². The molecule has 0 saturated carbocycles. The monoisotopic (exact) mass is 573 g/mol. The van der Waals surface area contributed by atoms with Crippen molar-refractivity contribution in [3.8, 4) is 0 Å². The highest BCUT2D eigenvalue weighted by Crippen LogP contribution is 2.33. The molecule has 0 aromatic heterocycles. The molecule has 0 amide bonds. The van der Waals surface area contributed by atoms with Crippen LogP contribution in [0.25, 0.3) is 0 Å². The maximum Gasteiger partial charge on any atom is 0.416 e. The van der Waals surface area contributed by atoms with Crippen LogP contribution in [0.15, 0.2) is 23.2 Å². The minimum atomic E-state index is -4.38. The molecule has 184 valence electrons. The van der Waals surface area contributed by atoms with Crippen molar-refractivity contribution in [3.05, 3.63) is 29.3 Å². The zero-order valence-corrected chi connectivity index (χ0v) is 21.3. The fourth-order valence-electron chi connectivity index (χ4n) is 3.28. The molecule has 1 aliphatic heterocycles. The highest BCUT2D eigenvalue weighted by molar-refractivity contribution is 14.0. The minimum Gasteiger partial charge on any atom is -0.382 e. The van der Waals surface area contributed by atoms with Crippen LogP contribution in [0.5, 0.6) is 0 Å². The molecule has 0 bridgehead atoms. The van der Waals surface area contributed by atoms with Gasteiger partial charge in [-0.25, -0.2) is 0 Å². The summed E-state index contributed by atoms with van der Waals surface area (Å²) in [6.07, 6.45) is -3.60. The molecule has 2 N–H and O–H groups in total. The van der Waals surface area contributed by atoms with Gasteiger partial charge in [-0.15, -0.1) is 24.0 Å². The lowest BCUT2D eigenvalue weighted by molar-refractivity contribution is -0.137. The number of likely N-dealkylation sites (N-methyl/N-ethyl adjacent to an activating group) is 1. The van der Waals surface area contributed by atoms with E-state index in [1.807, 2.05) is 7.05 Å². The number of nitrogens with zero attached hydrogens (tertiary/aromatic N) is 3. The van der Waals surface area contributed by atoms with E-state index in [1.54, 1.807) is 20.2 Å². The lowest BCUT2D eigenvalue weighted by Gasteiger charge is -2.35. The summed E-state index contributed by atoms with van der Waals surface area (Å²) in [7, 11) is 5.31. The second-order valence-electron chi connectivity index (χ2n) is 7.44. The van der Waals surface area contributed by atoms with Gasteiger partial charge in [-0.05, 0) is 37.2 Å². The number of benzene rings is 1. The van der Waals surface area contributed by atoms with Gasteiger partial charge in [0, 0.05) is 65.7 Å². The molecule has 1 aromatic carbocycles. The maximum absolute atomic E-state index is 13.3. The van der Waals surface area contributed by atoms with Gasteiger partial charge in [-0.1, -0.05) is 0 Å². The topological polar surface area (TPSA) is 61.4 Å². The van der Waals surface area contributed by atoms with E-state index < -0.39 is 11.7 Å². The predicted molar refractivity (Wildman–Crippen MR) is 132 cm³/mol. The van der Waals surface area contributed by atoms with E-state index in [0.717, 1.165) is 44.4 Å². The van der Waals surface area contributed by atoms with Crippen LogP contribution in [0.2, 0.25) is 0 Å². The number of aliphatic imine (C=N–C) groups is 1. The summed E-state index contributed by atoms with van der Waals surface area (Å²) in [6.45, 7) is 5.91. The van der Waals surface area contributed by atoms with E-state index >= 15 is 0 Å². The second-order valence-corrected chi connectivity index (χ2v) is 7.44. The summed E-state index contributed by atoms with van der Waals surface area (Å²) < 4.78 is 50.2. The lowest BCUT2D eigenvalue weighted by Crippen LogP contribution is -2.45. The predicted octanol–water partition coefficient (Wildman–Crippen LogP) is 2.79. The first kappa shape index (κ1) is 28.7. The molecule has 1 heterocycles. The average Bonchev–Trinajstić information content (AvgIpc) is 2.75. The quantitative estimate of drug-likeness (QED) is 0.195. The smallest absolute Gasteiger partial charge is 0.382 e. The van der Waals surface area contributed by atoms with Gasteiger partial charge >= 0.3 is 6.18 Å². The highest BCUT2D eigenvalue weighted by atomic mass is 127. The van der Waals surface area contributed by atoms with Gasteiger partial charge in [0.2, 0.25) is 0 Å². The van der Waals surface area contributed by atoms with Crippen LogP contribution in [-0.2, 0) is 22.2 Å². The van der Waals surface area contributed by atoms with Gasteiger partial charge in [0.1, 0.15) is 0 Å². The zero-order chi connectivity index (χ0) is 22.7. The second kappa shape index (κ2) is 14.8. The van der Waals surface area contributed by atoms with Gasteiger partial charge in [0.25, 0.3) is 0 Å².